The van der Waals surface area contributed by atoms with Crippen molar-refractivity contribution in [3.63, 3.8) is 0 Å². The van der Waals surface area contributed by atoms with E-state index < -0.39 is 36.1 Å². The molecule has 4 N–H and O–H groups in total. The molecule has 1 fully saturated rings. The number of anilines is 3. The molecule has 3 amide bonds. The number of amides is 3. The lowest BCUT2D eigenvalue weighted by molar-refractivity contribution is -0.154. The van der Waals surface area contributed by atoms with Crippen molar-refractivity contribution in [2.24, 2.45) is 0 Å². The fraction of sp³-hybridized carbons (Fsp3) is 0.357. The third-order valence-corrected chi connectivity index (χ3v) is 6.66. The van der Waals surface area contributed by atoms with Gasteiger partial charge in [-0.3, -0.25) is 14.4 Å². The fourth-order valence-corrected chi connectivity index (χ4v) is 4.11. The second-order valence-corrected chi connectivity index (χ2v) is 10.6. The third-order valence-electron chi connectivity index (χ3n) is 6.41. The van der Waals surface area contributed by atoms with Gasteiger partial charge in [-0.05, 0) is 61.2 Å². The molecule has 16 heteroatoms. The Hall–Kier alpha value is -4.66. The molecule has 0 saturated heterocycles. The van der Waals surface area contributed by atoms with Gasteiger partial charge in [-0.1, -0.05) is 23.7 Å². The Morgan fingerprint density at radius 1 is 0.932 bits per heavy atom. The molecule has 3 aromatic rings. The van der Waals surface area contributed by atoms with Crippen LogP contribution in [0.1, 0.15) is 35.2 Å². The van der Waals surface area contributed by atoms with E-state index >= 15 is 0 Å². The maximum Gasteiger partial charge on any atom is 0.422 e. The molecule has 12 nitrogen and oxygen atoms in total. The van der Waals surface area contributed by atoms with Crippen LogP contribution in [-0.2, 0) is 15.1 Å². The van der Waals surface area contributed by atoms with Crippen LogP contribution in [0.3, 0.4) is 0 Å². The van der Waals surface area contributed by atoms with E-state index in [1.165, 1.54) is 31.1 Å². The normalized spacial score (nSPS) is 13.4. The van der Waals surface area contributed by atoms with Crippen LogP contribution in [0.2, 0.25) is 5.02 Å². The molecule has 4 rings (SSSR count). The van der Waals surface area contributed by atoms with Crippen molar-refractivity contribution in [3.05, 3.63) is 64.7 Å². The lowest BCUT2D eigenvalue weighted by atomic mass is 10.1. The number of nitrogens with one attached hydrogen (secondary N) is 4. The number of likely N-dealkylation sites (N-methyl/N-ethyl adjacent to an activating group) is 1. The summed E-state index contributed by atoms with van der Waals surface area (Å²) < 4.78 is 43.3. The van der Waals surface area contributed by atoms with Gasteiger partial charge in [0.25, 0.3) is 5.91 Å². The Morgan fingerprint density at radius 3 is 2.18 bits per heavy atom. The first-order valence-corrected chi connectivity index (χ1v) is 13.9. The fourth-order valence-electron chi connectivity index (χ4n) is 3.98. The van der Waals surface area contributed by atoms with Gasteiger partial charge in [-0.2, -0.15) is 28.1 Å². The summed E-state index contributed by atoms with van der Waals surface area (Å²) in [5.41, 5.74) is 1.21. The number of hydrogen-bond donors (Lipinski definition) is 4. The predicted molar refractivity (Wildman–Crippen MR) is 156 cm³/mol. The SMILES string of the molecule is CN(C)C(=O)C(=O)NCCCNC(=O)c1ccc(Nc2nc(NC3(c4ccc(Cl)cc4)CC3)nc(OCC(F)(F)F)n2)cc1. The molecule has 1 aromatic heterocycles. The highest BCUT2D eigenvalue weighted by atomic mass is 35.5. The molecule has 0 spiro atoms. The van der Waals surface area contributed by atoms with Crippen LogP contribution >= 0.6 is 11.6 Å². The first kappa shape index (κ1) is 32.3. The van der Waals surface area contributed by atoms with Gasteiger partial charge in [0, 0.05) is 43.5 Å². The van der Waals surface area contributed by atoms with E-state index in [9.17, 15) is 27.6 Å². The molecule has 0 unspecified atom stereocenters. The lowest BCUT2D eigenvalue weighted by Gasteiger charge is -2.19. The van der Waals surface area contributed by atoms with Crippen LogP contribution in [0.5, 0.6) is 6.01 Å². The number of carbonyl (C=O) groups is 3. The van der Waals surface area contributed by atoms with Gasteiger partial charge in [-0.15, -0.1) is 0 Å². The number of alkyl halides is 3. The van der Waals surface area contributed by atoms with Crippen LogP contribution in [0.4, 0.5) is 30.8 Å². The Kier molecular flexibility index (Phi) is 10.1. The van der Waals surface area contributed by atoms with E-state index in [0.717, 1.165) is 18.4 Å². The minimum atomic E-state index is -4.59. The van der Waals surface area contributed by atoms with Crippen LogP contribution in [0.15, 0.2) is 48.5 Å². The summed E-state index contributed by atoms with van der Waals surface area (Å²) in [6, 6.07) is 12.9. The molecule has 1 saturated carbocycles. The van der Waals surface area contributed by atoms with E-state index in [4.69, 9.17) is 16.3 Å². The van der Waals surface area contributed by atoms with E-state index in [2.05, 4.69) is 36.2 Å². The number of nitrogens with zero attached hydrogens (tertiary/aromatic N) is 4. The second-order valence-electron chi connectivity index (χ2n) is 10.2. The molecule has 0 radical (unpaired) electrons. The average Bonchev–Trinajstić information content (AvgIpc) is 3.75. The predicted octanol–water partition coefficient (Wildman–Crippen LogP) is 3.64. The summed E-state index contributed by atoms with van der Waals surface area (Å²) in [4.78, 5) is 49.2. The third kappa shape index (κ3) is 9.17. The monoisotopic (exact) mass is 634 g/mol. The van der Waals surface area contributed by atoms with Crippen molar-refractivity contribution in [2.45, 2.75) is 31.0 Å². The first-order valence-electron chi connectivity index (χ1n) is 13.5. The number of aromatic nitrogens is 3. The molecular formula is C28H30ClF3N8O4. The summed E-state index contributed by atoms with van der Waals surface area (Å²) in [5.74, 6) is -1.80. The Balaban J connectivity index is 1.38. The molecule has 0 bridgehead atoms. The molecular weight excluding hydrogens is 605 g/mol. The summed E-state index contributed by atoms with van der Waals surface area (Å²) in [5, 5.41) is 11.9. The highest BCUT2D eigenvalue weighted by molar-refractivity contribution is 6.34. The zero-order valence-electron chi connectivity index (χ0n) is 23.8. The van der Waals surface area contributed by atoms with Crippen LogP contribution in [-0.4, -0.2) is 77.5 Å². The summed E-state index contributed by atoms with van der Waals surface area (Å²) >= 11 is 6.00. The molecule has 44 heavy (non-hydrogen) atoms. The Morgan fingerprint density at radius 2 is 1.57 bits per heavy atom. The van der Waals surface area contributed by atoms with Gasteiger partial charge in [0.15, 0.2) is 6.61 Å². The Labute approximate surface area is 255 Å². The van der Waals surface area contributed by atoms with Crippen molar-refractivity contribution < 1.29 is 32.3 Å². The lowest BCUT2D eigenvalue weighted by Crippen LogP contribution is -2.40. The number of halogens is 4. The summed E-state index contributed by atoms with van der Waals surface area (Å²) in [7, 11) is 2.94. The highest BCUT2D eigenvalue weighted by Crippen LogP contribution is 2.48. The highest BCUT2D eigenvalue weighted by Gasteiger charge is 2.45. The Bertz CT molecular complexity index is 1480. The molecule has 1 heterocycles. The smallest absolute Gasteiger partial charge is 0.422 e. The maximum absolute atomic E-state index is 12.8. The molecule has 2 aromatic carbocycles. The van der Waals surface area contributed by atoms with Gasteiger partial charge in [0.1, 0.15) is 0 Å². The average molecular weight is 635 g/mol. The van der Waals surface area contributed by atoms with Gasteiger partial charge in [0.05, 0.1) is 5.54 Å². The van der Waals surface area contributed by atoms with Crippen molar-refractivity contribution >= 4 is 46.9 Å². The zero-order chi connectivity index (χ0) is 31.9. The van der Waals surface area contributed by atoms with Crippen molar-refractivity contribution in [2.75, 3.05) is 44.4 Å². The molecule has 0 atom stereocenters. The molecule has 234 valence electrons. The van der Waals surface area contributed by atoms with Crippen LogP contribution in [0, 0.1) is 0 Å². The van der Waals surface area contributed by atoms with Crippen molar-refractivity contribution in [1.29, 1.82) is 0 Å². The van der Waals surface area contributed by atoms with E-state index in [0.29, 0.717) is 22.7 Å². The quantitative estimate of drug-likeness (QED) is 0.173. The number of carbonyl (C=O) groups excluding carboxylic acids is 3. The number of benzene rings is 2. The topological polar surface area (TPSA) is 150 Å². The number of ether oxygens (including phenoxy) is 1. The maximum atomic E-state index is 12.8. The molecule has 1 aliphatic rings. The minimum absolute atomic E-state index is 0.0189. The molecule has 1 aliphatic carbocycles. The van der Waals surface area contributed by atoms with Gasteiger partial charge >= 0.3 is 24.0 Å². The number of hydrogen-bond acceptors (Lipinski definition) is 9. The van der Waals surface area contributed by atoms with Crippen molar-refractivity contribution in [1.82, 2.24) is 30.5 Å². The summed E-state index contributed by atoms with van der Waals surface area (Å²) in [6.45, 7) is -1.11. The van der Waals surface area contributed by atoms with Crippen LogP contribution in [0.25, 0.3) is 0 Å². The van der Waals surface area contributed by atoms with Crippen LogP contribution < -0.4 is 26.0 Å². The number of rotatable bonds is 12. The standard InChI is InChI=1S/C28H30ClF3N8O4/c1-40(2)23(43)22(42)34-15-3-14-33-21(41)17-4-10-20(11-5-17)35-24-36-25(38-26(37-24)44-16-28(30,31)32)39-27(12-13-27)18-6-8-19(29)9-7-18/h4-11H,3,12-16H2,1-2H3,(H,33,41)(H,34,42)(H2,35,36,37,38,39). The van der Waals surface area contributed by atoms with Gasteiger partial charge < -0.3 is 30.9 Å². The zero-order valence-corrected chi connectivity index (χ0v) is 24.6. The van der Waals surface area contributed by atoms with Gasteiger partial charge in [0.2, 0.25) is 11.9 Å². The minimum Gasteiger partial charge on any atom is -0.454 e. The summed E-state index contributed by atoms with van der Waals surface area (Å²) in [6.07, 6.45) is -2.69. The second kappa shape index (κ2) is 13.8. The van der Waals surface area contributed by atoms with Gasteiger partial charge in [-0.25, -0.2) is 0 Å². The largest absolute Gasteiger partial charge is 0.454 e. The van der Waals surface area contributed by atoms with E-state index in [-0.39, 0.29) is 30.9 Å². The van der Waals surface area contributed by atoms with Crippen molar-refractivity contribution in [3.8, 4) is 6.01 Å². The van der Waals surface area contributed by atoms with E-state index in [1.807, 2.05) is 12.1 Å². The first-order chi connectivity index (χ1) is 20.8. The van der Waals surface area contributed by atoms with E-state index in [1.54, 1.807) is 24.3 Å². The molecule has 0 aliphatic heterocycles.